The van der Waals surface area contributed by atoms with Gasteiger partial charge in [-0.15, -0.1) is 0 Å². The number of aliphatic hydroxyl groups excluding tert-OH is 2. The van der Waals surface area contributed by atoms with Gasteiger partial charge in [0.2, 0.25) is 0 Å². The molecule has 0 atom stereocenters. The molecule has 5 saturated carbocycles. The first-order valence-electron chi connectivity index (χ1n) is 29.6. The lowest BCUT2D eigenvalue weighted by Gasteiger charge is -2.32. The zero-order valence-electron chi connectivity index (χ0n) is 47.7. The molecule has 14 heteroatoms. The summed E-state index contributed by atoms with van der Waals surface area (Å²) in [5.41, 5.74) is 24.4. The lowest BCUT2D eigenvalue weighted by molar-refractivity contribution is -0.120. The highest BCUT2D eigenvalue weighted by molar-refractivity contribution is 9.10. The molecule has 6 aliphatic rings. The van der Waals surface area contributed by atoms with Gasteiger partial charge >= 0.3 is 7.12 Å². The molecular weight excluding hydrogens is 1130 g/mol. The number of hydrogen-bond donors (Lipinski definition) is 2. The molecule has 5 aromatic rings. The van der Waals surface area contributed by atoms with Crippen molar-refractivity contribution in [3.8, 4) is 0 Å². The first-order chi connectivity index (χ1) is 38.6. The summed E-state index contributed by atoms with van der Waals surface area (Å²) in [5, 5.41) is 26.4. The summed E-state index contributed by atoms with van der Waals surface area (Å²) in [4.78, 5) is 16.9. The Bertz CT molecular complexity index is 2680. The molecule has 11 nitrogen and oxygen atoms in total. The van der Waals surface area contributed by atoms with Gasteiger partial charge in [-0.1, -0.05) is 151 Å². The summed E-state index contributed by atoms with van der Waals surface area (Å²) in [6.07, 6.45) is 20.4. The SMILES string of the molecule is CC1(C)OB(c2ccc(C3CCC(N=[N+]=[N-])CC3)cc2)OC1(C)C.O=C1CCC(c2ccccc2)CC1.OC1CCC(c2ccc(Br)cc2)CC1.OC1CCC(c2ccccc2)CC1.[N-]=[N+]=NC1CCC(c2ccc(Br)cc2)CC1. The second-order valence-electron chi connectivity index (χ2n) is 23.9. The smallest absolute Gasteiger partial charge is 0.399 e. The third-order valence-electron chi connectivity index (χ3n) is 17.9. The lowest BCUT2D eigenvalue weighted by atomic mass is 9.76. The largest absolute Gasteiger partial charge is 0.494 e. The number of aliphatic hydroxyl groups is 2. The molecule has 1 heterocycles. The van der Waals surface area contributed by atoms with E-state index in [2.05, 4.69) is 207 Å². The summed E-state index contributed by atoms with van der Waals surface area (Å²) in [5.74, 6) is 3.60. The molecule has 11 rings (SSSR count). The van der Waals surface area contributed by atoms with Crippen molar-refractivity contribution in [1.82, 2.24) is 0 Å². The number of carbonyl (C=O) groups excluding carboxylic acids is 1. The molecule has 426 valence electrons. The minimum atomic E-state index is -0.310. The van der Waals surface area contributed by atoms with E-state index in [4.69, 9.17) is 20.4 Å². The van der Waals surface area contributed by atoms with Crippen LogP contribution in [0.1, 0.15) is 214 Å². The van der Waals surface area contributed by atoms with Crippen molar-refractivity contribution < 1.29 is 24.3 Å². The number of hydrogen-bond acceptors (Lipinski definition) is 7. The zero-order chi connectivity index (χ0) is 56.9. The zero-order valence-corrected chi connectivity index (χ0v) is 50.8. The molecule has 1 aliphatic heterocycles. The minimum absolute atomic E-state index is 0.0417. The molecule has 0 amide bonds. The second kappa shape index (κ2) is 31.6. The average Bonchev–Trinajstić information content (AvgIpc) is 3.72. The molecule has 0 spiro atoms. The van der Waals surface area contributed by atoms with Crippen molar-refractivity contribution in [1.29, 1.82) is 0 Å². The van der Waals surface area contributed by atoms with Crippen LogP contribution in [0, 0.1) is 0 Å². The Morgan fingerprint density at radius 1 is 0.438 bits per heavy atom. The summed E-state index contributed by atoms with van der Waals surface area (Å²) in [6.45, 7) is 8.29. The van der Waals surface area contributed by atoms with Crippen molar-refractivity contribution >= 4 is 50.2 Å². The van der Waals surface area contributed by atoms with Crippen LogP contribution in [0.15, 0.2) is 153 Å². The predicted molar refractivity (Wildman–Crippen MR) is 332 cm³/mol. The first kappa shape index (κ1) is 62.8. The molecule has 0 aromatic heterocycles. The van der Waals surface area contributed by atoms with Crippen molar-refractivity contribution in [3.63, 3.8) is 0 Å². The molecule has 0 unspecified atom stereocenters. The van der Waals surface area contributed by atoms with E-state index in [-0.39, 0.29) is 42.6 Å². The molecule has 1 saturated heterocycles. The fourth-order valence-electron chi connectivity index (χ4n) is 12.1. The summed E-state index contributed by atoms with van der Waals surface area (Å²) < 4.78 is 14.5. The fourth-order valence-corrected chi connectivity index (χ4v) is 12.6. The summed E-state index contributed by atoms with van der Waals surface area (Å²) in [7, 11) is -0.301. The van der Waals surface area contributed by atoms with Gasteiger partial charge in [-0.05, 0) is 241 Å². The van der Waals surface area contributed by atoms with Gasteiger partial charge in [-0.2, -0.15) is 0 Å². The van der Waals surface area contributed by atoms with Gasteiger partial charge in [0, 0.05) is 43.7 Å². The van der Waals surface area contributed by atoms with Gasteiger partial charge in [0.1, 0.15) is 5.78 Å². The third kappa shape index (κ3) is 19.4. The van der Waals surface area contributed by atoms with Crippen LogP contribution in [0.4, 0.5) is 0 Å². The predicted octanol–water partition coefficient (Wildman–Crippen LogP) is 18.2. The van der Waals surface area contributed by atoms with Crippen molar-refractivity contribution in [2.24, 2.45) is 10.2 Å². The van der Waals surface area contributed by atoms with Crippen LogP contribution in [0.2, 0.25) is 0 Å². The van der Waals surface area contributed by atoms with Gasteiger partial charge < -0.3 is 19.5 Å². The average molecular weight is 1210 g/mol. The highest BCUT2D eigenvalue weighted by atomic mass is 79.9. The molecule has 2 N–H and O–H groups in total. The quantitative estimate of drug-likeness (QED) is 0.0680. The number of ketones is 1. The number of carbonyl (C=O) groups is 1. The Morgan fingerprint density at radius 3 is 1.05 bits per heavy atom. The molecule has 80 heavy (non-hydrogen) atoms. The third-order valence-corrected chi connectivity index (χ3v) is 19.0. The Hall–Kier alpha value is -4.75. The van der Waals surface area contributed by atoms with Gasteiger partial charge in [0.15, 0.2) is 0 Å². The molecular formula is C66H85BBr2N6O5. The van der Waals surface area contributed by atoms with E-state index in [0.717, 1.165) is 143 Å². The number of benzene rings is 5. The van der Waals surface area contributed by atoms with Crippen molar-refractivity contribution in [2.75, 3.05) is 0 Å². The van der Waals surface area contributed by atoms with Gasteiger partial charge in [-0.3, -0.25) is 4.79 Å². The van der Waals surface area contributed by atoms with E-state index < -0.39 is 0 Å². The van der Waals surface area contributed by atoms with Crippen LogP contribution in [-0.2, 0) is 14.1 Å². The summed E-state index contributed by atoms with van der Waals surface area (Å²) in [6, 6.07) is 47.3. The van der Waals surface area contributed by atoms with E-state index in [9.17, 15) is 15.0 Å². The van der Waals surface area contributed by atoms with Crippen molar-refractivity contribution in [2.45, 2.75) is 221 Å². The van der Waals surface area contributed by atoms with Gasteiger partial charge in [0.05, 0.1) is 23.4 Å². The normalized spacial score (nSPS) is 26.1. The minimum Gasteiger partial charge on any atom is -0.399 e. The summed E-state index contributed by atoms with van der Waals surface area (Å²) >= 11 is 6.88. The first-order valence-corrected chi connectivity index (χ1v) is 31.2. The Balaban J connectivity index is 0.000000148. The molecule has 6 fully saturated rings. The van der Waals surface area contributed by atoms with Crippen molar-refractivity contribution in [3.05, 3.63) is 191 Å². The van der Waals surface area contributed by atoms with E-state index >= 15 is 0 Å². The van der Waals surface area contributed by atoms with Crippen LogP contribution in [0.3, 0.4) is 0 Å². The number of rotatable bonds is 8. The maximum absolute atomic E-state index is 11.0. The van der Waals surface area contributed by atoms with Gasteiger partial charge in [-0.25, -0.2) is 0 Å². The Kier molecular flexibility index (Phi) is 24.8. The lowest BCUT2D eigenvalue weighted by Crippen LogP contribution is -2.41. The Morgan fingerprint density at radius 2 is 0.725 bits per heavy atom. The fraction of sp³-hybridized carbons (Fsp3) is 0.530. The second-order valence-corrected chi connectivity index (χ2v) is 25.8. The highest BCUT2D eigenvalue weighted by Gasteiger charge is 2.51. The number of azide groups is 2. The molecule has 5 aromatic carbocycles. The van der Waals surface area contributed by atoms with Gasteiger partial charge in [0.25, 0.3) is 0 Å². The van der Waals surface area contributed by atoms with Crippen LogP contribution in [0.5, 0.6) is 0 Å². The Labute approximate surface area is 494 Å². The maximum Gasteiger partial charge on any atom is 0.494 e. The van der Waals surface area contributed by atoms with E-state index in [0.29, 0.717) is 35.4 Å². The van der Waals surface area contributed by atoms with E-state index in [1.165, 1.54) is 27.8 Å². The van der Waals surface area contributed by atoms with E-state index in [1.807, 2.05) is 6.07 Å². The highest BCUT2D eigenvalue weighted by Crippen LogP contribution is 2.39. The van der Waals surface area contributed by atoms with Crippen LogP contribution >= 0.6 is 31.9 Å². The number of halogens is 2. The van der Waals surface area contributed by atoms with E-state index in [1.54, 1.807) is 0 Å². The topological polar surface area (TPSA) is 174 Å². The van der Waals surface area contributed by atoms with Crippen LogP contribution in [-0.4, -0.2) is 58.6 Å². The van der Waals surface area contributed by atoms with Crippen LogP contribution in [0.25, 0.3) is 20.9 Å². The number of nitrogens with zero attached hydrogens (tertiary/aromatic N) is 6. The molecule has 5 aliphatic carbocycles. The molecule has 0 bridgehead atoms. The van der Waals surface area contributed by atoms with Crippen LogP contribution < -0.4 is 5.46 Å². The number of Topliss-reactive ketones (excluding diaryl/α,β-unsaturated/α-hetero) is 1. The maximum atomic E-state index is 11.0. The standard InChI is InChI=1S/C18H26BN3O2.C12H14BrN3.C12H15BrO.C12H16O.C12H14O/c1-17(2)18(3,4)24-19(23-17)15-9-5-13(6-10-15)14-7-11-16(12-8-14)21-22-20;13-11-5-1-9(2-6-11)10-3-7-12(8-4-10)15-16-14;13-11-5-1-9(2-6-11)10-3-7-12(14)8-4-10;2*13-12-8-6-11(7-9-12)10-4-2-1-3-5-10/h5-6,9-10,14,16H,7-8,11-12H2,1-4H3;1-2,5-6,10,12H,3-4,7-8H2;1-2,5-6,10,12,14H,3-4,7-8H2;1-5,11-13H,6-9H2;1-5,11H,6-9H2. The monoisotopic (exact) mass is 1210 g/mol. The molecule has 0 radical (unpaired) electrons.